The molecule has 0 aliphatic carbocycles. The molecule has 3 rings (SSSR count). The Labute approximate surface area is 185 Å². The molecule has 168 valence electrons. The molecule has 9 heteroatoms. The molecule has 32 heavy (non-hydrogen) atoms. The summed E-state index contributed by atoms with van der Waals surface area (Å²) in [6, 6.07) is 13.4. The monoisotopic (exact) mass is 439 g/mol. The number of nitrogens with one attached hydrogen (secondary N) is 2. The molecule has 1 atom stereocenters. The van der Waals surface area contributed by atoms with E-state index in [-0.39, 0.29) is 5.91 Å². The van der Waals surface area contributed by atoms with E-state index in [0.29, 0.717) is 30.0 Å². The van der Waals surface area contributed by atoms with Gasteiger partial charge in [-0.1, -0.05) is 12.1 Å². The maximum Gasteiger partial charge on any atom is 0.326 e. The van der Waals surface area contributed by atoms with Crippen molar-refractivity contribution in [1.82, 2.24) is 5.32 Å². The fourth-order valence-corrected chi connectivity index (χ4v) is 3.24. The van der Waals surface area contributed by atoms with E-state index in [1.54, 1.807) is 53.4 Å². The summed E-state index contributed by atoms with van der Waals surface area (Å²) in [6.45, 7) is 1.71. The molecule has 2 aromatic rings. The molecule has 0 bridgehead atoms. The lowest BCUT2D eigenvalue weighted by molar-refractivity contribution is -0.152. The first-order chi connectivity index (χ1) is 15.4. The summed E-state index contributed by atoms with van der Waals surface area (Å²) in [5, 5.41) is 5.10. The fourth-order valence-electron chi connectivity index (χ4n) is 3.24. The van der Waals surface area contributed by atoms with Gasteiger partial charge in [0.1, 0.15) is 12.3 Å². The molecule has 1 heterocycles. The SMILES string of the molecule is COc1ccccc1NC(=O)C(C)OC(=O)CNC(=O)c1ccc(N2CCCC2=O)cc1. The Kier molecular flexibility index (Phi) is 7.43. The van der Waals surface area contributed by atoms with Gasteiger partial charge in [0.2, 0.25) is 5.91 Å². The van der Waals surface area contributed by atoms with Crippen molar-refractivity contribution in [2.45, 2.75) is 25.9 Å². The van der Waals surface area contributed by atoms with Gasteiger partial charge < -0.3 is 25.0 Å². The van der Waals surface area contributed by atoms with Crippen LogP contribution in [0.1, 0.15) is 30.1 Å². The number of hydrogen-bond donors (Lipinski definition) is 2. The maximum absolute atomic E-state index is 12.3. The predicted octanol–water partition coefficient (Wildman–Crippen LogP) is 2.12. The van der Waals surface area contributed by atoms with Gasteiger partial charge in [0.25, 0.3) is 11.8 Å². The standard InChI is InChI=1S/C23H25N3O6/c1-15(22(29)25-18-6-3-4-7-19(18)31-2)32-21(28)14-24-23(30)16-9-11-17(12-10-16)26-13-5-8-20(26)27/h3-4,6-7,9-12,15H,5,8,13-14H2,1-2H3,(H,24,30)(H,25,29). The number of amides is 3. The third-order valence-electron chi connectivity index (χ3n) is 4.95. The Morgan fingerprint density at radius 2 is 1.81 bits per heavy atom. The number of rotatable bonds is 8. The summed E-state index contributed by atoms with van der Waals surface area (Å²) < 4.78 is 10.3. The summed E-state index contributed by atoms with van der Waals surface area (Å²) in [5.41, 5.74) is 1.53. The van der Waals surface area contributed by atoms with Crippen molar-refractivity contribution < 1.29 is 28.7 Å². The molecule has 3 amide bonds. The Balaban J connectivity index is 1.47. The maximum atomic E-state index is 12.3. The van der Waals surface area contributed by atoms with E-state index >= 15 is 0 Å². The van der Waals surface area contributed by atoms with Gasteiger partial charge in [0.05, 0.1) is 12.8 Å². The van der Waals surface area contributed by atoms with E-state index in [9.17, 15) is 19.2 Å². The second kappa shape index (κ2) is 10.4. The van der Waals surface area contributed by atoms with Crippen LogP contribution in [0.5, 0.6) is 5.75 Å². The minimum Gasteiger partial charge on any atom is -0.495 e. The number of methoxy groups -OCH3 is 1. The molecule has 1 aliphatic heterocycles. The average Bonchev–Trinajstić information content (AvgIpc) is 3.23. The first-order valence-corrected chi connectivity index (χ1v) is 10.2. The zero-order valence-electron chi connectivity index (χ0n) is 17.9. The molecule has 0 radical (unpaired) electrons. The Bertz CT molecular complexity index is 1010. The molecule has 0 aromatic heterocycles. The van der Waals surface area contributed by atoms with Crippen LogP contribution < -0.4 is 20.3 Å². The first kappa shape index (κ1) is 22.8. The summed E-state index contributed by atoms with van der Waals surface area (Å²) in [7, 11) is 1.48. The number of para-hydroxylation sites is 2. The van der Waals surface area contributed by atoms with E-state index in [0.717, 1.165) is 12.1 Å². The molecule has 2 aromatic carbocycles. The third-order valence-corrected chi connectivity index (χ3v) is 4.95. The first-order valence-electron chi connectivity index (χ1n) is 10.2. The second-order valence-electron chi connectivity index (χ2n) is 7.20. The zero-order valence-corrected chi connectivity index (χ0v) is 17.9. The summed E-state index contributed by atoms with van der Waals surface area (Å²) >= 11 is 0. The number of hydrogen-bond acceptors (Lipinski definition) is 6. The van der Waals surface area contributed by atoms with E-state index in [2.05, 4.69) is 10.6 Å². The largest absolute Gasteiger partial charge is 0.495 e. The van der Waals surface area contributed by atoms with Crippen LogP contribution in [0, 0.1) is 0 Å². The van der Waals surface area contributed by atoms with Crippen molar-refractivity contribution in [2.24, 2.45) is 0 Å². The van der Waals surface area contributed by atoms with Gasteiger partial charge in [-0.05, 0) is 49.7 Å². The number of esters is 1. The van der Waals surface area contributed by atoms with Gasteiger partial charge in [-0.25, -0.2) is 0 Å². The quantitative estimate of drug-likeness (QED) is 0.609. The van der Waals surface area contributed by atoms with E-state index in [1.807, 2.05) is 0 Å². The minimum absolute atomic E-state index is 0.0637. The molecule has 1 saturated heterocycles. The van der Waals surface area contributed by atoms with Crippen molar-refractivity contribution in [2.75, 3.05) is 30.4 Å². The molecule has 1 fully saturated rings. The summed E-state index contributed by atoms with van der Waals surface area (Å²) in [5.74, 6) is -1.20. The van der Waals surface area contributed by atoms with Crippen LogP contribution in [-0.2, 0) is 19.1 Å². The number of carbonyl (C=O) groups excluding carboxylic acids is 4. The minimum atomic E-state index is -1.07. The normalized spacial score (nSPS) is 13.9. The highest BCUT2D eigenvalue weighted by Crippen LogP contribution is 2.23. The van der Waals surface area contributed by atoms with Crippen molar-refractivity contribution in [1.29, 1.82) is 0 Å². The molecule has 9 nitrogen and oxygen atoms in total. The highest BCUT2D eigenvalue weighted by atomic mass is 16.5. The zero-order chi connectivity index (χ0) is 23.1. The predicted molar refractivity (Wildman–Crippen MR) is 118 cm³/mol. The van der Waals surface area contributed by atoms with Crippen LogP contribution >= 0.6 is 0 Å². The lowest BCUT2D eigenvalue weighted by atomic mass is 10.2. The van der Waals surface area contributed by atoms with Gasteiger partial charge in [0, 0.05) is 24.2 Å². The average molecular weight is 439 g/mol. The molecule has 1 unspecified atom stereocenters. The summed E-state index contributed by atoms with van der Waals surface area (Å²) in [6.07, 6.45) is 0.277. The number of anilines is 2. The highest BCUT2D eigenvalue weighted by molar-refractivity contribution is 5.99. The smallest absolute Gasteiger partial charge is 0.326 e. The highest BCUT2D eigenvalue weighted by Gasteiger charge is 2.22. The van der Waals surface area contributed by atoms with Crippen LogP contribution in [0.25, 0.3) is 0 Å². The van der Waals surface area contributed by atoms with Crippen molar-refractivity contribution in [3.63, 3.8) is 0 Å². The number of nitrogens with zero attached hydrogens (tertiary/aromatic N) is 1. The second-order valence-corrected chi connectivity index (χ2v) is 7.20. The molecular formula is C23H25N3O6. The van der Waals surface area contributed by atoms with Gasteiger partial charge in [-0.15, -0.1) is 0 Å². The van der Waals surface area contributed by atoms with Gasteiger partial charge >= 0.3 is 5.97 Å². The van der Waals surface area contributed by atoms with Crippen molar-refractivity contribution >= 4 is 35.1 Å². The van der Waals surface area contributed by atoms with Crippen LogP contribution in [0.4, 0.5) is 11.4 Å². The van der Waals surface area contributed by atoms with Gasteiger partial charge in [0.15, 0.2) is 6.10 Å². The molecule has 2 N–H and O–H groups in total. The third kappa shape index (κ3) is 5.63. The number of carbonyl (C=O) groups is 4. The van der Waals surface area contributed by atoms with Crippen molar-refractivity contribution in [3.05, 3.63) is 54.1 Å². The lowest BCUT2D eigenvalue weighted by Crippen LogP contribution is -2.35. The van der Waals surface area contributed by atoms with E-state index in [4.69, 9.17) is 9.47 Å². The van der Waals surface area contributed by atoms with Crippen LogP contribution in [0.2, 0.25) is 0 Å². The van der Waals surface area contributed by atoms with Crippen LogP contribution in [-0.4, -0.2) is 50.0 Å². The van der Waals surface area contributed by atoms with Crippen molar-refractivity contribution in [3.8, 4) is 5.75 Å². The van der Waals surface area contributed by atoms with Crippen LogP contribution in [0.3, 0.4) is 0 Å². The molecular weight excluding hydrogens is 414 g/mol. The van der Waals surface area contributed by atoms with Gasteiger partial charge in [-0.2, -0.15) is 0 Å². The molecule has 0 saturated carbocycles. The number of benzene rings is 2. The summed E-state index contributed by atoms with van der Waals surface area (Å²) in [4.78, 5) is 50.1. The Morgan fingerprint density at radius 3 is 2.47 bits per heavy atom. The Morgan fingerprint density at radius 1 is 1.09 bits per heavy atom. The Hall–Kier alpha value is -3.88. The van der Waals surface area contributed by atoms with Gasteiger partial charge in [-0.3, -0.25) is 19.2 Å². The topological polar surface area (TPSA) is 114 Å². The molecule has 0 spiro atoms. The van der Waals surface area contributed by atoms with Crippen LogP contribution in [0.15, 0.2) is 48.5 Å². The molecule has 1 aliphatic rings. The van der Waals surface area contributed by atoms with E-state index < -0.39 is 30.4 Å². The van der Waals surface area contributed by atoms with E-state index in [1.165, 1.54) is 14.0 Å². The number of ether oxygens (including phenoxy) is 2. The fraction of sp³-hybridized carbons (Fsp3) is 0.304. The lowest BCUT2D eigenvalue weighted by Gasteiger charge is -2.16.